The lowest BCUT2D eigenvalue weighted by Gasteiger charge is -2.14. The second kappa shape index (κ2) is 10.8. The minimum Gasteiger partial charge on any atom is -0.249 e. The molecule has 208 valence electrons. The molecule has 0 aliphatic rings. The third-order valence-electron chi connectivity index (χ3n) is 8.24. The average molecular weight is 565 g/mol. The fourth-order valence-corrected chi connectivity index (χ4v) is 6.03. The van der Waals surface area contributed by atoms with Gasteiger partial charge in [-0.05, 0) is 64.7 Å². The van der Waals surface area contributed by atoms with E-state index in [0.29, 0.717) is 6.42 Å². The van der Waals surface area contributed by atoms with Crippen LogP contribution in [0.2, 0.25) is 0 Å². The van der Waals surface area contributed by atoms with E-state index < -0.39 is 0 Å². The Bertz CT molecular complexity index is 2310. The topological polar surface area (TPSA) is 51.6 Å². The summed E-state index contributed by atoms with van der Waals surface area (Å²) in [4.78, 5) is 20.3. The molecular weight excluding hydrogens is 536 g/mol. The van der Waals surface area contributed by atoms with Gasteiger partial charge < -0.3 is 0 Å². The van der Waals surface area contributed by atoms with Crippen LogP contribution in [-0.4, -0.2) is 19.9 Å². The van der Waals surface area contributed by atoms with Crippen LogP contribution in [0.15, 0.2) is 140 Å². The number of hydrogen-bond acceptors (Lipinski definition) is 4. The zero-order valence-electron chi connectivity index (χ0n) is 24.3. The van der Waals surface area contributed by atoms with Gasteiger partial charge in [0, 0.05) is 17.5 Å². The van der Waals surface area contributed by atoms with Crippen molar-refractivity contribution >= 4 is 32.8 Å². The van der Waals surface area contributed by atoms with Gasteiger partial charge in [-0.15, -0.1) is 0 Å². The maximum Gasteiger partial charge on any atom is 0.0928 e. The molecule has 6 aromatic carbocycles. The number of rotatable bonds is 5. The van der Waals surface area contributed by atoms with Crippen molar-refractivity contribution in [2.24, 2.45) is 0 Å². The zero-order valence-corrected chi connectivity index (χ0v) is 24.3. The van der Waals surface area contributed by atoms with Crippen molar-refractivity contribution < 1.29 is 0 Å². The van der Waals surface area contributed by atoms with Gasteiger partial charge in [0.2, 0.25) is 0 Å². The number of hydrogen-bond donors (Lipinski definition) is 0. The SMILES string of the molecule is Cc1nc2ccccc2nc1-c1ccc2cccc(Cc3nc4cc(-c5ccccc5)ccc4nc3-c3ccccc3)c2c1. The minimum absolute atomic E-state index is 0.645. The Hall–Kier alpha value is -5.74. The first kappa shape index (κ1) is 25.9. The second-order valence-electron chi connectivity index (χ2n) is 11.1. The van der Waals surface area contributed by atoms with Crippen LogP contribution in [0.25, 0.3) is 66.5 Å². The number of para-hydroxylation sites is 2. The Balaban J connectivity index is 1.27. The van der Waals surface area contributed by atoms with Crippen molar-refractivity contribution in [3.05, 3.63) is 156 Å². The summed E-state index contributed by atoms with van der Waals surface area (Å²) in [6.07, 6.45) is 0.645. The van der Waals surface area contributed by atoms with E-state index in [4.69, 9.17) is 19.9 Å². The predicted molar refractivity (Wildman–Crippen MR) is 180 cm³/mol. The van der Waals surface area contributed by atoms with Gasteiger partial charge in [0.05, 0.1) is 44.8 Å². The molecule has 0 spiro atoms. The summed E-state index contributed by atoms with van der Waals surface area (Å²) >= 11 is 0. The summed E-state index contributed by atoms with van der Waals surface area (Å²) in [6, 6.07) is 48.3. The number of fused-ring (bicyclic) bond motifs is 3. The second-order valence-corrected chi connectivity index (χ2v) is 11.1. The van der Waals surface area contributed by atoms with Crippen LogP contribution in [0, 0.1) is 6.92 Å². The number of aryl methyl sites for hydroxylation is 1. The van der Waals surface area contributed by atoms with Gasteiger partial charge in [-0.2, -0.15) is 0 Å². The van der Waals surface area contributed by atoms with Crippen molar-refractivity contribution in [2.75, 3.05) is 0 Å². The molecule has 0 atom stereocenters. The molecular formula is C40H28N4. The molecule has 8 rings (SSSR count). The van der Waals surface area contributed by atoms with E-state index in [9.17, 15) is 0 Å². The summed E-state index contributed by atoms with van der Waals surface area (Å²) in [7, 11) is 0. The first-order valence-corrected chi connectivity index (χ1v) is 14.9. The van der Waals surface area contributed by atoms with E-state index in [0.717, 1.165) is 61.5 Å². The van der Waals surface area contributed by atoms with Gasteiger partial charge in [-0.25, -0.2) is 19.9 Å². The van der Waals surface area contributed by atoms with Gasteiger partial charge >= 0.3 is 0 Å². The molecule has 4 nitrogen and oxygen atoms in total. The van der Waals surface area contributed by atoms with E-state index in [1.165, 1.54) is 21.9 Å². The molecule has 0 unspecified atom stereocenters. The van der Waals surface area contributed by atoms with E-state index in [1.54, 1.807) is 0 Å². The van der Waals surface area contributed by atoms with Crippen LogP contribution < -0.4 is 0 Å². The van der Waals surface area contributed by atoms with E-state index >= 15 is 0 Å². The smallest absolute Gasteiger partial charge is 0.0928 e. The maximum absolute atomic E-state index is 5.28. The van der Waals surface area contributed by atoms with Crippen LogP contribution in [0.3, 0.4) is 0 Å². The van der Waals surface area contributed by atoms with Crippen LogP contribution in [-0.2, 0) is 6.42 Å². The summed E-state index contributed by atoms with van der Waals surface area (Å²) < 4.78 is 0. The Kier molecular flexibility index (Phi) is 6.38. The lowest BCUT2D eigenvalue weighted by atomic mass is 9.95. The molecule has 0 bridgehead atoms. The average Bonchev–Trinajstić information content (AvgIpc) is 3.08. The molecule has 0 radical (unpaired) electrons. The Labute approximate surface area is 255 Å². The lowest BCUT2D eigenvalue weighted by molar-refractivity contribution is 1.08. The molecule has 0 N–H and O–H groups in total. The Morgan fingerprint density at radius 1 is 0.432 bits per heavy atom. The normalized spacial score (nSPS) is 11.4. The monoisotopic (exact) mass is 564 g/mol. The molecule has 0 aliphatic carbocycles. The van der Waals surface area contributed by atoms with E-state index in [1.807, 2.05) is 43.3 Å². The van der Waals surface area contributed by atoms with Gasteiger partial charge in [0.1, 0.15) is 0 Å². The molecule has 8 aromatic rings. The Morgan fingerprint density at radius 3 is 1.89 bits per heavy atom. The lowest BCUT2D eigenvalue weighted by Crippen LogP contribution is -2.01. The van der Waals surface area contributed by atoms with Gasteiger partial charge in [-0.3, -0.25) is 0 Å². The molecule has 0 amide bonds. The highest BCUT2D eigenvalue weighted by Gasteiger charge is 2.15. The predicted octanol–water partition coefficient (Wildman–Crippen LogP) is 9.63. The molecule has 2 heterocycles. The summed E-state index contributed by atoms with van der Waals surface area (Å²) in [6.45, 7) is 2.03. The van der Waals surface area contributed by atoms with Crippen LogP contribution in [0.5, 0.6) is 0 Å². The first-order valence-electron chi connectivity index (χ1n) is 14.9. The minimum atomic E-state index is 0.645. The Morgan fingerprint density at radius 2 is 1.09 bits per heavy atom. The molecule has 0 saturated carbocycles. The van der Waals surface area contributed by atoms with Crippen molar-refractivity contribution in [2.45, 2.75) is 13.3 Å². The van der Waals surface area contributed by atoms with E-state index in [-0.39, 0.29) is 0 Å². The third-order valence-corrected chi connectivity index (χ3v) is 8.24. The highest BCUT2D eigenvalue weighted by atomic mass is 14.8. The van der Waals surface area contributed by atoms with Gasteiger partial charge in [-0.1, -0.05) is 109 Å². The largest absolute Gasteiger partial charge is 0.249 e. The summed E-state index contributed by atoms with van der Waals surface area (Å²) in [5.41, 5.74) is 12.9. The molecule has 4 heteroatoms. The number of benzene rings is 6. The van der Waals surface area contributed by atoms with Crippen LogP contribution >= 0.6 is 0 Å². The first-order chi connectivity index (χ1) is 21.7. The van der Waals surface area contributed by atoms with Crippen molar-refractivity contribution in [1.82, 2.24) is 19.9 Å². The molecule has 0 saturated heterocycles. The zero-order chi connectivity index (χ0) is 29.5. The highest BCUT2D eigenvalue weighted by molar-refractivity contribution is 5.91. The van der Waals surface area contributed by atoms with Crippen molar-refractivity contribution in [1.29, 1.82) is 0 Å². The standard InChI is InChI=1S/C40H28N4/c1-26-39(43-35-18-9-8-17-34(35)41-26)32-20-19-28-15-10-16-31(33(28)23-32)25-38-40(29-13-6-3-7-14-29)44-36-22-21-30(24-37(36)42-38)27-11-4-2-5-12-27/h2-24H,25H2,1H3. The van der Waals surface area contributed by atoms with Crippen molar-refractivity contribution in [3.8, 4) is 33.6 Å². The molecule has 44 heavy (non-hydrogen) atoms. The van der Waals surface area contributed by atoms with Crippen LogP contribution in [0.1, 0.15) is 17.0 Å². The van der Waals surface area contributed by atoms with E-state index in [2.05, 4.69) is 103 Å². The maximum atomic E-state index is 5.28. The fourth-order valence-electron chi connectivity index (χ4n) is 6.03. The van der Waals surface area contributed by atoms with Gasteiger partial charge in [0.25, 0.3) is 0 Å². The molecule has 0 aliphatic heterocycles. The summed E-state index contributed by atoms with van der Waals surface area (Å²) in [5, 5.41) is 2.36. The van der Waals surface area contributed by atoms with Crippen molar-refractivity contribution in [3.63, 3.8) is 0 Å². The fraction of sp³-hybridized carbons (Fsp3) is 0.0500. The summed E-state index contributed by atoms with van der Waals surface area (Å²) in [5.74, 6) is 0. The quantitative estimate of drug-likeness (QED) is 0.209. The highest BCUT2D eigenvalue weighted by Crippen LogP contribution is 2.32. The van der Waals surface area contributed by atoms with Crippen LogP contribution in [0.4, 0.5) is 0 Å². The molecule has 0 fully saturated rings. The number of nitrogens with zero attached hydrogens (tertiary/aromatic N) is 4. The third kappa shape index (κ3) is 4.77. The number of aromatic nitrogens is 4. The molecule has 2 aromatic heterocycles. The van der Waals surface area contributed by atoms with Gasteiger partial charge in [0.15, 0.2) is 0 Å².